The number of H-pyrrole nitrogens is 1. The minimum atomic E-state index is -1.33. The monoisotopic (exact) mass is 773 g/mol. The van der Waals surface area contributed by atoms with Crippen LogP contribution in [-0.2, 0) is 43.2 Å². The molecule has 5 atom stereocenters. The summed E-state index contributed by atoms with van der Waals surface area (Å²) in [7, 11) is 0. The summed E-state index contributed by atoms with van der Waals surface area (Å²) in [5.41, 5.74) is 1.75. The van der Waals surface area contributed by atoms with Gasteiger partial charge in [0.15, 0.2) is 0 Å². The van der Waals surface area contributed by atoms with Crippen LogP contribution >= 0.6 is 0 Å². The van der Waals surface area contributed by atoms with E-state index in [0.29, 0.717) is 12.1 Å². The number of hydrogen-bond donors (Lipinski definition) is 6. The van der Waals surface area contributed by atoms with Crippen molar-refractivity contribution in [1.29, 1.82) is 0 Å². The first kappa shape index (κ1) is 45.4. The Kier molecular flexibility index (Phi) is 18.7. The highest BCUT2D eigenvalue weighted by atomic mass is 16.6. The number of alkyl carbamates (subject to hydrolysis) is 1. The molecule has 0 fully saturated rings. The van der Waals surface area contributed by atoms with E-state index in [9.17, 15) is 29.1 Å². The molecule has 1 heterocycles. The van der Waals surface area contributed by atoms with Crippen molar-refractivity contribution in [3.63, 3.8) is 0 Å². The minimum Gasteiger partial charge on any atom is -0.444 e. The highest BCUT2D eigenvalue weighted by molar-refractivity contribution is 5.95. The van der Waals surface area contributed by atoms with Crippen LogP contribution in [-0.4, -0.2) is 74.6 Å². The SMILES string of the molecule is CC(C)C[C@H](NC(=O)[C@H](Cc1c[nH]cn1)NC(=O)[C@H](Cc1ccccc1)NC(=O)OC(C)(C)C)[C@@H](O)CC(=O)NC(=O)C[C@@H](C)[CH]CCCCc1ccccc1. The number of rotatable bonds is 22. The van der Waals surface area contributed by atoms with Gasteiger partial charge in [-0.25, -0.2) is 9.78 Å². The molecule has 305 valence electrons. The number of unbranched alkanes of at least 4 members (excludes halogenated alkanes) is 2. The summed E-state index contributed by atoms with van der Waals surface area (Å²) in [4.78, 5) is 73.2. The second-order valence-electron chi connectivity index (χ2n) is 15.9. The zero-order valence-corrected chi connectivity index (χ0v) is 33.7. The Morgan fingerprint density at radius 1 is 0.804 bits per heavy atom. The summed E-state index contributed by atoms with van der Waals surface area (Å²) in [6.45, 7) is 10.9. The van der Waals surface area contributed by atoms with E-state index in [1.807, 2.05) is 69.3 Å². The van der Waals surface area contributed by atoms with Crippen molar-refractivity contribution in [3.05, 3.63) is 96.4 Å². The number of aromatic amines is 1. The zero-order chi connectivity index (χ0) is 41.1. The largest absolute Gasteiger partial charge is 0.444 e. The third-order valence-corrected chi connectivity index (χ3v) is 8.92. The Morgan fingerprint density at radius 3 is 2.02 bits per heavy atom. The summed E-state index contributed by atoms with van der Waals surface area (Å²) < 4.78 is 5.41. The number of imide groups is 1. The molecule has 0 spiro atoms. The molecule has 3 aromatic rings. The molecule has 0 aliphatic carbocycles. The molecule has 0 saturated carbocycles. The molecule has 0 saturated heterocycles. The summed E-state index contributed by atoms with van der Waals surface area (Å²) in [6, 6.07) is 16.3. The van der Waals surface area contributed by atoms with Gasteiger partial charge in [0, 0.05) is 25.5 Å². The number of nitrogens with one attached hydrogen (secondary N) is 5. The normalized spacial score (nSPS) is 14.1. The van der Waals surface area contributed by atoms with E-state index in [2.05, 4.69) is 49.8 Å². The van der Waals surface area contributed by atoms with Crippen LogP contribution in [0.1, 0.15) is 96.9 Å². The van der Waals surface area contributed by atoms with E-state index in [-0.39, 0.29) is 31.1 Å². The number of carbonyl (C=O) groups is 5. The van der Waals surface area contributed by atoms with Gasteiger partial charge in [0.25, 0.3) is 0 Å². The number of ether oxygens (including phenoxy) is 1. The Bertz CT molecular complexity index is 1640. The molecule has 0 aliphatic heterocycles. The third kappa shape index (κ3) is 18.1. The first-order valence-electron chi connectivity index (χ1n) is 19.6. The summed E-state index contributed by atoms with van der Waals surface area (Å²) in [5.74, 6) is -2.37. The molecule has 0 unspecified atom stereocenters. The van der Waals surface area contributed by atoms with Crippen molar-refractivity contribution in [3.8, 4) is 0 Å². The highest BCUT2D eigenvalue weighted by Crippen LogP contribution is 2.16. The van der Waals surface area contributed by atoms with Gasteiger partial charge in [-0.2, -0.15) is 0 Å². The van der Waals surface area contributed by atoms with Gasteiger partial charge in [0.2, 0.25) is 23.6 Å². The summed E-state index contributed by atoms with van der Waals surface area (Å²) in [5, 5.41) is 21.9. The number of aliphatic hydroxyl groups excluding tert-OH is 1. The van der Waals surface area contributed by atoms with Gasteiger partial charge in [-0.15, -0.1) is 0 Å². The van der Waals surface area contributed by atoms with Crippen LogP contribution in [0, 0.1) is 18.3 Å². The van der Waals surface area contributed by atoms with Gasteiger partial charge >= 0.3 is 6.09 Å². The van der Waals surface area contributed by atoms with Crippen molar-refractivity contribution < 1.29 is 33.8 Å². The van der Waals surface area contributed by atoms with Gasteiger partial charge in [0.05, 0.1) is 30.6 Å². The number of benzene rings is 2. The fraction of sp³-hybridized carbons (Fsp3) is 0.512. The van der Waals surface area contributed by atoms with Crippen LogP contribution in [0.25, 0.3) is 0 Å². The maximum absolute atomic E-state index is 13.9. The molecule has 2 aromatic carbocycles. The summed E-state index contributed by atoms with van der Waals surface area (Å²) in [6.07, 6.45) is 7.06. The van der Waals surface area contributed by atoms with Crippen molar-refractivity contribution >= 4 is 29.7 Å². The van der Waals surface area contributed by atoms with Crippen LogP contribution in [0.5, 0.6) is 0 Å². The number of carbonyl (C=O) groups excluding carboxylic acids is 5. The van der Waals surface area contributed by atoms with E-state index in [1.165, 1.54) is 11.9 Å². The molecule has 1 aromatic heterocycles. The number of imidazole rings is 1. The average molecular weight is 774 g/mol. The second kappa shape index (κ2) is 23.1. The Labute approximate surface area is 331 Å². The number of aromatic nitrogens is 2. The topological polar surface area (TPSA) is 192 Å². The number of aliphatic hydroxyl groups is 1. The quantitative estimate of drug-likeness (QED) is 0.0757. The first-order chi connectivity index (χ1) is 26.6. The number of nitrogens with zero attached hydrogens (tertiary/aromatic N) is 1. The number of hydrogen-bond acceptors (Lipinski definition) is 8. The van der Waals surface area contributed by atoms with Crippen LogP contribution in [0.2, 0.25) is 0 Å². The molecule has 0 bridgehead atoms. The Morgan fingerprint density at radius 2 is 1.41 bits per heavy atom. The van der Waals surface area contributed by atoms with E-state index in [0.717, 1.165) is 31.2 Å². The second-order valence-corrected chi connectivity index (χ2v) is 15.9. The first-order valence-corrected chi connectivity index (χ1v) is 19.6. The van der Waals surface area contributed by atoms with Crippen molar-refractivity contribution in [2.45, 2.75) is 129 Å². The van der Waals surface area contributed by atoms with Crippen LogP contribution in [0.4, 0.5) is 4.79 Å². The predicted octanol–water partition coefficient (Wildman–Crippen LogP) is 5.14. The molecule has 1 radical (unpaired) electrons. The van der Waals surface area contributed by atoms with Gasteiger partial charge in [0.1, 0.15) is 17.7 Å². The van der Waals surface area contributed by atoms with E-state index in [1.54, 1.807) is 27.0 Å². The minimum absolute atomic E-state index is 0.00667. The molecular formula is C43H61N6O7. The fourth-order valence-corrected chi connectivity index (χ4v) is 6.19. The Balaban J connectivity index is 1.61. The molecule has 56 heavy (non-hydrogen) atoms. The lowest BCUT2D eigenvalue weighted by Gasteiger charge is -2.29. The predicted molar refractivity (Wildman–Crippen MR) is 215 cm³/mol. The maximum Gasteiger partial charge on any atom is 0.408 e. The standard InChI is InChI=1S/C43H61N6O7/c1-29(2)22-34(37(50)26-39(52)49-38(51)23-30(3)16-10-7-11-17-31-18-12-8-13-19-31)46-41(54)36(25-33-27-44-28-45-33)47-40(53)35(24-32-20-14-9-15-21-32)48-42(55)56-43(4,5)6/h8-9,12-16,18-21,27-30,34-37,50H,7,10-11,17,22-26H2,1-6H3,(H,44,45)(H,46,54)(H,47,53)(H,48,55)(H,49,51,52)/t30-,34-,35-,36-,37-/m0/s1. The highest BCUT2D eigenvalue weighted by Gasteiger charge is 2.32. The average Bonchev–Trinajstić information content (AvgIpc) is 3.63. The smallest absolute Gasteiger partial charge is 0.408 e. The van der Waals surface area contributed by atoms with Gasteiger partial charge in [-0.1, -0.05) is 87.9 Å². The fourth-order valence-electron chi connectivity index (χ4n) is 6.19. The van der Waals surface area contributed by atoms with Gasteiger partial charge in [-0.05, 0) is 75.8 Å². The molecule has 0 aliphatic rings. The zero-order valence-electron chi connectivity index (χ0n) is 33.7. The lowest BCUT2D eigenvalue weighted by Crippen LogP contribution is -2.57. The van der Waals surface area contributed by atoms with Crippen LogP contribution < -0.4 is 21.3 Å². The lowest BCUT2D eigenvalue weighted by atomic mass is 9.96. The van der Waals surface area contributed by atoms with Crippen molar-refractivity contribution in [1.82, 2.24) is 31.2 Å². The number of amides is 5. The third-order valence-electron chi connectivity index (χ3n) is 8.92. The van der Waals surface area contributed by atoms with Gasteiger partial charge < -0.3 is 30.8 Å². The van der Waals surface area contributed by atoms with Crippen molar-refractivity contribution in [2.24, 2.45) is 11.8 Å². The van der Waals surface area contributed by atoms with E-state index >= 15 is 0 Å². The molecule has 3 rings (SSSR count). The van der Waals surface area contributed by atoms with Crippen molar-refractivity contribution in [2.75, 3.05) is 0 Å². The molecule has 6 N–H and O–H groups in total. The molecule has 5 amide bonds. The summed E-state index contributed by atoms with van der Waals surface area (Å²) >= 11 is 0. The molecular weight excluding hydrogens is 713 g/mol. The van der Waals surface area contributed by atoms with Gasteiger partial charge in [-0.3, -0.25) is 24.5 Å². The lowest BCUT2D eigenvalue weighted by molar-refractivity contribution is -0.133. The Hall–Kier alpha value is -5.04. The molecule has 13 nitrogen and oxygen atoms in total. The van der Waals surface area contributed by atoms with Crippen LogP contribution in [0.3, 0.4) is 0 Å². The molecule has 13 heteroatoms. The maximum atomic E-state index is 13.9. The van der Waals surface area contributed by atoms with Crippen LogP contribution in [0.15, 0.2) is 73.2 Å². The van der Waals surface area contributed by atoms with E-state index < -0.39 is 66.0 Å². The number of aryl methyl sites for hydroxylation is 1. The van der Waals surface area contributed by atoms with E-state index in [4.69, 9.17) is 4.74 Å².